The third-order valence-corrected chi connectivity index (χ3v) is 3.76. The average molecular weight is 284 g/mol. The molecule has 0 amide bonds. The van der Waals surface area contributed by atoms with Crippen LogP contribution in [-0.2, 0) is 17.8 Å². The lowest BCUT2D eigenvalue weighted by atomic mass is 9.88. The summed E-state index contributed by atoms with van der Waals surface area (Å²) in [5, 5.41) is 3.49. The SMILES string of the molecule is COCc1nc(N)cc(NC2CCCc3ccccc32)n1. The molecular weight excluding hydrogens is 264 g/mol. The molecule has 0 bridgehead atoms. The fourth-order valence-corrected chi connectivity index (χ4v) is 2.87. The van der Waals surface area contributed by atoms with E-state index >= 15 is 0 Å². The molecule has 0 radical (unpaired) electrons. The number of nitrogens with two attached hydrogens (primary N) is 1. The first-order valence-electron chi connectivity index (χ1n) is 7.23. The number of aryl methyl sites for hydroxylation is 1. The lowest BCUT2D eigenvalue weighted by molar-refractivity contribution is 0.178. The van der Waals surface area contributed by atoms with Crippen LogP contribution in [0.3, 0.4) is 0 Å². The molecule has 0 aliphatic heterocycles. The van der Waals surface area contributed by atoms with E-state index in [4.69, 9.17) is 10.5 Å². The van der Waals surface area contributed by atoms with Gasteiger partial charge in [0, 0.05) is 13.2 Å². The van der Waals surface area contributed by atoms with E-state index in [1.54, 1.807) is 13.2 Å². The van der Waals surface area contributed by atoms with E-state index in [0.29, 0.717) is 18.2 Å². The molecule has 1 heterocycles. The number of hydrogen-bond acceptors (Lipinski definition) is 5. The van der Waals surface area contributed by atoms with Gasteiger partial charge in [0.1, 0.15) is 18.2 Å². The molecule has 3 N–H and O–H groups in total. The number of anilines is 2. The number of nitrogens with zero attached hydrogens (tertiary/aromatic N) is 2. The Morgan fingerprint density at radius 2 is 2.19 bits per heavy atom. The molecule has 0 saturated heterocycles. The van der Waals surface area contributed by atoms with E-state index < -0.39 is 0 Å². The zero-order valence-corrected chi connectivity index (χ0v) is 12.2. The zero-order valence-electron chi connectivity index (χ0n) is 12.2. The maximum atomic E-state index is 5.84. The van der Waals surface area contributed by atoms with Gasteiger partial charge in [0.15, 0.2) is 5.82 Å². The Labute approximate surface area is 124 Å². The lowest BCUT2D eigenvalue weighted by Crippen LogP contribution is -2.18. The largest absolute Gasteiger partial charge is 0.384 e. The number of rotatable bonds is 4. The molecule has 0 saturated carbocycles. The first-order chi connectivity index (χ1) is 10.3. The van der Waals surface area contributed by atoms with Gasteiger partial charge in [0.05, 0.1) is 6.04 Å². The average Bonchev–Trinajstić information content (AvgIpc) is 2.47. The summed E-state index contributed by atoms with van der Waals surface area (Å²) < 4.78 is 5.08. The number of ether oxygens (including phenoxy) is 1. The minimum Gasteiger partial charge on any atom is -0.384 e. The minimum atomic E-state index is 0.277. The topological polar surface area (TPSA) is 73.1 Å². The van der Waals surface area contributed by atoms with Crippen LogP contribution >= 0.6 is 0 Å². The number of hydrogen-bond donors (Lipinski definition) is 2. The standard InChI is InChI=1S/C16H20N4O/c1-21-10-16-19-14(17)9-15(20-16)18-13-8-4-6-11-5-2-3-7-12(11)13/h2-3,5,7,9,13H,4,6,8,10H2,1H3,(H3,17,18,19,20). The van der Waals surface area contributed by atoms with Crippen LogP contribution in [0.5, 0.6) is 0 Å². The van der Waals surface area contributed by atoms with Gasteiger partial charge in [0.25, 0.3) is 0 Å². The number of methoxy groups -OCH3 is 1. The molecule has 1 aliphatic rings. The summed E-state index contributed by atoms with van der Waals surface area (Å²) in [5.74, 6) is 1.82. The van der Waals surface area contributed by atoms with Gasteiger partial charge >= 0.3 is 0 Å². The van der Waals surface area contributed by atoms with E-state index in [1.165, 1.54) is 17.5 Å². The summed E-state index contributed by atoms with van der Waals surface area (Å²) in [6, 6.07) is 10.6. The predicted molar refractivity (Wildman–Crippen MR) is 82.9 cm³/mol. The summed E-state index contributed by atoms with van der Waals surface area (Å²) in [5.41, 5.74) is 8.62. The highest BCUT2D eigenvalue weighted by molar-refractivity contribution is 5.47. The summed E-state index contributed by atoms with van der Waals surface area (Å²) in [4.78, 5) is 8.63. The van der Waals surface area contributed by atoms with Crippen molar-refractivity contribution in [1.29, 1.82) is 0 Å². The van der Waals surface area contributed by atoms with Crippen molar-refractivity contribution in [2.75, 3.05) is 18.2 Å². The third-order valence-electron chi connectivity index (χ3n) is 3.76. The normalized spacial score (nSPS) is 17.3. The molecule has 5 heteroatoms. The van der Waals surface area contributed by atoms with Gasteiger partial charge in [-0.25, -0.2) is 9.97 Å². The Morgan fingerprint density at radius 1 is 1.33 bits per heavy atom. The highest BCUT2D eigenvalue weighted by Crippen LogP contribution is 2.32. The van der Waals surface area contributed by atoms with E-state index in [1.807, 2.05) is 0 Å². The fraction of sp³-hybridized carbons (Fsp3) is 0.375. The number of nitrogens with one attached hydrogen (secondary N) is 1. The van der Waals surface area contributed by atoms with Gasteiger partial charge in [-0.2, -0.15) is 0 Å². The van der Waals surface area contributed by atoms with Crippen LogP contribution in [0, 0.1) is 0 Å². The van der Waals surface area contributed by atoms with Crippen LogP contribution in [-0.4, -0.2) is 17.1 Å². The molecule has 1 aromatic carbocycles. The maximum absolute atomic E-state index is 5.84. The predicted octanol–water partition coefficient (Wildman–Crippen LogP) is 2.69. The van der Waals surface area contributed by atoms with E-state index in [9.17, 15) is 0 Å². The van der Waals surface area contributed by atoms with E-state index in [2.05, 4.69) is 39.6 Å². The van der Waals surface area contributed by atoms with Crippen molar-refractivity contribution in [3.63, 3.8) is 0 Å². The van der Waals surface area contributed by atoms with Crippen molar-refractivity contribution in [2.24, 2.45) is 0 Å². The molecule has 3 rings (SSSR count). The van der Waals surface area contributed by atoms with Crippen molar-refractivity contribution in [1.82, 2.24) is 9.97 Å². The van der Waals surface area contributed by atoms with E-state index in [0.717, 1.165) is 18.7 Å². The number of aromatic nitrogens is 2. The molecule has 0 fully saturated rings. The molecule has 21 heavy (non-hydrogen) atoms. The summed E-state index contributed by atoms with van der Waals surface area (Å²) >= 11 is 0. The summed E-state index contributed by atoms with van der Waals surface area (Å²) in [6.07, 6.45) is 3.43. The zero-order chi connectivity index (χ0) is 14.7. The Kier molecular flexibility index (Phi) is 4.01. The molecule has 1 atom stereocenters. The first kappa shape index (κ1) is 13.8. The van der Waals surface area contributed by atoms with Gasteiger partial charge in [-0.15, -0.1) is 0 Å². The molecule has 1 aromatic heterocycles. The second kappa shape index (κ2) is 6.10. The van der Waals surface area contributed by atoms with Crippen LogP contribution in [0.2, 0.25) is 0 Å². The van der Waals surface area contributed by atoms with Crippen molar-refractivity contribution in [3.05, 3.63) is 47.3 Å². The van der Waals surface area contributed by atoms with Crippen molar-refractivity contribution in [3.8, 4) is 0 Å². The Bertz CT molecular complexity index is 629. The van der Waals surface area contributed by atoms with Crippen LogP contribution in [0.4, 0.5) is 11.6 Å². The Hall–Kier alpha value is -2.14. The van der Waals surface area contributed by atoms with Gasteiger partial charge < -0.3 is 15.8 Å². The third kappa shape index (κ3) is 3.13. The van der Waals surface area contributed by atoms with E-state index in [-0.39, 0.29) is 6.04 Å². The molecule has 5 nitrogen and oxygen atoms in total. The first-order valence-corrected chi connectivity index (χ1v) is 7.23. The van der Waals surface area contributed by atoms with Gasteiger partial charge in [0.2, 0.25) is 0 Å². The highest BCUT2D eigenvalue weighted by atomic mass is 16.5. The smallest absolute Gasteiger partial charge is 0.158 e. The van der Waals surface area contributed by atoms with Crippen LogP contribution in [0.25, 0.3) is 0 Å². The molecule has 110 valence electrons. The lowest BCUT2D eigenvalue weighted by Gasteiger charge is -2.26. The fourth-order valence-electron chi connectivity index (χ4n) is 2.87. The molecular formula is C16H20N4O. The second-order valence-electron chi connectivity index (χ2n) is 5.32. The van der Waals surface area contributed by atoms with Crippen molar-refractivity contribution >= 4 is 11.6 Å². The van der Waals surface area contributed by atoms with Crippen LogP contribution in [0.15, 0.2) is 30.3 Å². The maximum Gasteiger partial charge on any atom is 0.158 e. The number of benzene rings is 1. The van der Waals surface area contributed by atoms with Crippen molar-refractivity contribution < 1.29 is 4.74 Å². The van der Waals surface area contributed by atoms with Crippen molar-refractivity contribution in [2.45, 2.75) is 31.9 Å². The van der Waals surface area contributed by atoms with Gasteiger partial charge in [-0.05, 0) is 30.4 Å². The molecule has 2 aromatic rings. The quantitative estimate of drug-likeness (QED) is 0.903. The van der Waals surface area contributed by atoms with Crippen LogP contribution in [0.1, 0.15) is 35.8 Å². The van der Waals surface area contributed by atoms with Gasteiger partial charge in [-0.3, -0.25) is 0 Å². The number of nitrogen functional groups attached to an aromatic ring is 1. The molecule has 1 aliphatic carbocycles. The van der Waals surface area contributed by atoms with Crippen LogP contribution < -0.4 is 11.1 Å². The number of fused-ring (bicyclic) bond motifs is 1. The molecule has 1 unspecified atom stereocenters. The second-order valence-corrected chi connectivity index (χ2v) is 5.32. The Morgan fingerprint density at radius 3 is 3.05 bits per heavy atom. The highest BCUT2D eigenvalue weighted by Gasteiger charge is 2.20. The molecule has 0 spiro atoms. The van der Waals surface area contributed by atoms with Gasteiger partial charge in [-0.1, -0.05) is 24.3 Å². The summed E-state index contributed by atoms with van der Waals surface area (Å²) in [7, 11) is 1.62. The summed E-state index contributed by atoms with van der Waals surface area (Å²) in [6.45, 7) is 0.362. The Balaban J connectivity index is 1.84. The monoisotopic (exact) mass is 284 g/mol. The minimum absolute atomic E-state index is 0.277.